The molecule has 3 aromatic carbocycles. The van der Waals surface area contributed by atoms with Crippen LogP contribution in [0.1, 0.15) is 29.8 Å². The van der Waals surface area contributed by atoms with Gasteiger partial charge in [0.05, 0.1) is 18.2 Å². The lowest BCUT2D eigenvalue weighted by molar-refractivity contribution is 0.0341. The molecule has 200 valence electrons. The number of para-hydroxylation sites is 1. The van der Waals surface area contributed by atoms with Gasteiger partial charge >= 0.3 is 6.03 Å². The van der Waals surface area contributed by atoms with E-state index in [0.717, 1.165) is 6.54 Å². The summed E-state index contributed by atoms with van der Waals surface area (Å²) in [7, 11) is 2.06. The number of fused-ring (bicyclic) bond motifs is 1. The average molecular weight is 517 g/mol. The topological polar surface area (TPSA) is 94.1 Å². The number of rotatable bonds is 8. The second kappa shape index (κ2) is 12.6. The molecule has 0 fully saturated rings. The maximum Gasteiger partial charge on any atom is 0.323 e. The third-order valence-corrected chi connectivity index (χ3v) is 6.74. The second-order valence-electron chi connectivity index (χ2n) is 9.96. The summed E-state index contributed by atoms with van der Waals surface area (Å²) in [6.45, 7) is 5.62. The van der Waals surface area contributed by atoms with Crippen LogP contribution in [0.15, 0.2) is 78.9 Å². The number of anilines is 2. The fraction of sp³-hybridized carbons (Fsp3) is 0.333. The van der Waals surface area contributed by atoms with Crippen molar-refractivity contribution in [3.63, 3.8) is 0 Å². The highest BCUT2D eigenvalue weighted by molar-refractivity contribution is 6.02. The van der Waals surface area contributed by atoms with E-state index in [1.807, 2.05) is 43.3 Å². The summed E-state index contributed by atoms with van der Waals surface area (Å²) in [6, 6.07) is 23.7. The zero-order valence-corrected chi connectivity index (χ0v) is 22.1. The minimum Gasteiger partial charge on any atom is -0.488 e. The molecule has 8 nitrogen and oxygen atoms in total. The largest absolute Gasteiger partial charge is 0.488 e. The molecule has 3 N–H and O–H groups in total. The van der Waals surface area contributed by atoms with Gasteiger partial charge in [-0.25, -0.2) is 4.79 Å². The summed E-state index contributed by atoms with van der Waals surface area (Å²) >= 11 is 0. The highest BCUT2D eigenvalue weighted by atomic mass is 16.5. The summed E-state index contributed by atoms with van der Waals surface area (Å²) < 4.78 is 6.47. The minimum absolute atomic E-state index is 0.0220. The van der Waals surface area contributed by atoms with E-state index in [9.17, 15) is 14.7 Å². The van der Waals surface area contributed by atoms with E-state index >= 15 is 0 Å². The first-order valence-corrected chi connectivity index (χ1v) is 12.9. The van der Waals surface area contributed by atoms with E-state index in [1.165, 1.54) is 5.56 Å². The Hall–Kier alpha value is -3.88. The van der Waals surface area contributed by atoms with Gasteiger partial charge in [0.15, 0.2) is 0 Å². The molecular weight excluding hydrogens is 480 g/mol. The number of hydrogen-bond acceptors (Lipinski definition) is 5. The Morgan fingerprint density at radius 3 is 2.39 bits per heavy atom. The van der Waals surface area contributed by atoms with Crippen LogP contribution in [0.25, 0.3) is 0 Å². The number of hydrogen-bond donors (Lipinski definition) is 3. The molecule has 4 rings (SSSR count). The van der Waals surface area contributed by atoms with Crippen molar-refractivity contribution < 1.29 is 19.4 Å². The molecule has 0 radical (unpaired) electrons. The summed E-state index contributed by atoms with van der Waals surface area (Å²) in [5, 5.41) is 15.5. The van der Waals surface area contributed by atoms with Crippen molar-refractivity contribution in [2.24, 2.45) is 5.92 Å². The summed E-state index contributed by atoms with van der Waals surface area (Å²) in [5.74, 6) is 0.245. The van der Waals surface area contributed by atoms with Crippen molar-refractivity contribution >= 4 is 23.3 Å². The summed E-state index contributed by atoms with van der Waals surface area (Å²) in [4.78, 5) is 30.1. The molecule has 3 amide bonds. The maximum absolute atomic E-state index is 13.6. The Kier molecular flexibility index (Phi) is 8.99. The van der Waals surface area contributed by atoms with Gasteiger partial charge in [0, 0.05) is 36.9 Å². The van der Waals surface area contributed by atoms with Crippen LogP contribution in [-0.2, 0) is 6.54 Å². The van der Waals surface area contributed by atoms with E-state index in [1.54, 1.807) is 35.2 Å². The summed E-state index contributed by atoms with van der Waals surface area (Å²) in [6.07, 6.45) is -0.191. The molecule has 0 saturated carbocycles. The number of aliphatic hydroxyl groups excluding tert-OH is 1. The number of urea groups is 1. The monoisotopic (exact) mass is 516 g/mol. The molecule has 38 heavy (non-hydrogen) atoms. The molecule has 3 aromatic rings. The molecule has 0 aliphatic carbocycles. The lowest BCUT2D eigenvalue weighted by atomic mass is 9.99. The van der Waals surface area contributed by atoms with Crippen LogP contribution in [0.5, 0.6) is 5.75 Å². The van der Waals surface area contributed by atoms with Crippen molar-refractivity contribution in [2.75, 3.05) is 37.4 Å². The lowest BCUT2D eigenvalue weighted by Gasteiger charge is -2.38. The maximum atomic E-state index is 13.6. The highest BCUT2D eigenvalue weighted by Crippen LogP contribution is 2.31. The van der Waals surface area contributed by atoms with Crippen LogP contribution in [-0.4, -0.2) is 65.7 Å². The number of aliphatic hydroxyl groups is 1. The molecular formula is C30H36N4O4. The van der Waals surface area contributed by atoms with E-state index in [2.05, 4.69) is 41.6 Å². The van der Waals surface area contributed by atoms with Crippen LogP contribution < -0.4 is 15.4 Å². The Labute approximate surface area is 224 Å². The van der Waals surface area contributed by atoms with Crippen LogP contribution in [0, 0.1) is 5.92 Å². The van der Waals surface area contributed by atoms with Gasteiger partial charge in [-0.15, -0.1) is 0 Å². The van der Waals surface area contributed by atoms with Gasteiger partial charge in [-0.1, -0.05) is 55.5 Å². The number of nitrogens with zero attached hydrogens (tertiary/aromatic N) is 2. The number of ether oxygens (including phenoxy) is 1. The van der Waals surface area contributed by atoms with E-state index < -0.39 is 6.03 Å². The zero-order valence-electron chi connectivity index (χ0n) is 22.1. The van der Waals surface area contributed by atoms with Crippen LogP contribution in [0.2, 0.25) is 0 Å². The van der Waals surface area contributed by atoms with Crippen LogP contribution in [0.3, 0.4) is 0 Å². The zero-order chi connectivity index (χ0) is 27.1. The molecule has 1 aliphatic rings. The van der Waals surface area contributed by atoms with Gasteiger partial charge in [0.2, 0.25) is 0 Å². The normalized spacial score (nSPS) is 18.1. The molecule has 1 aliphatic heterocycles. The molecule has 3 atom stereocenters. The Balaban J connectivity index is 1.56. The lowest BCUT2D eigenvalue weighted by Crippen LogP contribution is -2.49. The molecule has 0 saturated heterocycles. The van der Waals surface area contributed by atoms with Gasteiger partial charge in [-0.3, -0.25) is 9.69 Å². The first kappa shape index (κ1) is 27.2. The third kappa shape index (κ3) is 6.90. The SMILES string of the molecule is C[C@H](CO)N1C[C@H](C)[C@H](CN(C)Cc2ccccc2)Oc2ccc(NC(=O)Nc3ccccc3)cc2C1=O. The van der Waals surface area contributed by atoms with Gasteiger partial charge in [-0.05, 0) is 49.9 Å². The number of likely N-dealkylation sites (N-methyl/N-ethyl adjacent to an activating group) is 1. The molecule has 0 bridgehead atoms. The van der Waals surface area contributed by atoms with E-state index in [4.69, 9.17) is 4.74 Å². The average Bonchev–Trinajstić information content (AvgIpc) is 2.91. The van der Waals surface area contributed by atoms with Crippen molar-refractivity contribution in [2.45, 2.75) is 32.5 Å². The van der Waals surface area contributed by atoms with Gasteiger partial charge in [0.1, 0.15) is 11.9 Å². The van der Waals surface area contributed by atoms with Gasteiger partial charge in [0.25, 0.3) is 5.91 Å². The predicted molar refractivity (Wildman–Crippen MR) is 149 cm³/mol. The molecule has 1 heterocycles. The number of benzene rings is 3. The Bertz CT molecular complexity index is 1220. The fourth-order valence-corrected chi connectivity index (χ4v) is 4.60. The Morgan fingerprint density at radius 1 is 1.05 bits per heavy atom. The molecule has 0 aromatic heterocycles. The van der Waals surface area contributed by atoms with Crippen molar-refractivity contribution in [3.8, 4) is 5.75 Å². The van der Waals surface area contributed by atoms with E-state index in [0.29, 0.717) is 35.8 Å². The van der Waals surface area contributed by atoms with Crippen molar-refractivity contribution in [1.29, 1.82) is 0 Å². The highest BCUT2D eigenvalue weighted by Gasteiger charge is 2.33. The van der Waals surface area contributed by atoms with Crippen LogP contribution in [0.4, 0.5) is 16.2 Å². The minimum atomic E-state index is -0.412. The molecule has 8 heteroatoms. The Morgan fingerprint density at radius 2 is 1.71 bits per heavy atom. The predicted octanol–water partition coefficient (Wildman–Crippen LogP) is 4.68. The quantitative estimate of drug-likeness (QED) is 0.404. The first-order valence-electron chi connectivity index (χ1n) is 12.9. The van der Waals surface area contributed by atoms with Gasteiger partial charge < -0.3 is 25.4 Å². The van der Waals surface area contributed by atoms with Crippen molar-refractivity contribution in [3.05, 3.63) is 90.0 Å². The number of carbonyl (C=O) groups is 2. The third-order valence-electron chi connectivity index (χ3n) is 6.74. The van der Waals surface area contributed by atoms with Crippen molar-refractivity contribution in [1.82, 2.24) is 9.80 Å². The first-order chi connectivity index (χ1) is 18.3. The number of carbonyl (C=O) groups excluding carboxylic acids is 2. The second-order valence-corrected chi connectivity index (χ2v) is 9.96. The fourth-order valence-electron chi connectivity index (χ4n) is 4.60. The number of amides is 3. The molecule has 0 unspecified atom stereocenters. The smallest absolute Gasteiger partial charge is 0.323 e. The van der Waals surface area contributed by atoms with Gasteiger partial charge in [-0.2, -0.15) is 0 Å². The number of nitrogens with one attached hydrogen (secondary N) is 2. The summed E-state index contributed by atoms with van der Waals surface area (Å²) in [5.41, 5.74) is 2.70. The molecule has 0 spiro atoms. The van der Waals surface area contributed by atoms with E-state index in [-0.39, 0.29) is 30.6 Å². The standard InChI is InChI=1S/C30H36N4O4/c1-21-17-34(22(2)20-35)29(36)26-16-25(32-30(37)31-24-12-8-5-9-13-24)14-15-27(26)38-28(21)19-33(3)18-23-10-6-4-7-11-23/h4-16,21-22,28,35H,17-20H2,1-3H3,(H2,31,32,37)/t21-,22+,28-/m0/s1. The van der Waals surface area contributed by atoms with Crippen LogP contribution >= 0.6 is 0 Å².